The van der Waals surface area contributed by atoms with Gasteiger partial charge in [0.1, 0.15) is 29.9 Å². The zero-order chi connectivity index (χ0) is 28.8. The van der Waals surface area contributed by atoms with Gasteiger partial charge >= 0.3 is 0 Å². The summed E-state index contributed by atoms with van der Waals surface area (Å²) in [5, 5.41) is 3.52. The van der Waals surface area contributed by atoms with Gasteiger partial charge in [-0.3, -0.25) is 9.59 Å². The molecule has 2 N–H and O–H groups in total. The van der Waals surface area contributed by atoms with Crippen LogP contribution in [0.25, 0.3) is 0 Å². The summed E-state index contributed by atoms with van der Waals surface area (Å²) >= 11 is 10.1. The van der Waals surface area contributed by atoms with Crippen LogP contribution in [0.5, 0.6) is 0 Å². The second-order valence-electron chi connectivity index (χ2n) is 9.48. The summed E-state index contributed by atoms with van der Waals surface area (Å²) in [4.78, 5) is 29.2. The van der Waals surface area contributed by atoms with Crippen molar-refractivity contribution in [3.05, 3.63) is 105 Å². The van der Waals surface area contributed by atoms with Crippen molar-refractivity contribution in [2.24, 2.45) is 0 Å². The number of hydrogen-bond donors (Lipinski definition) is 2. The molecule has 0 saturated carbocycles. The molecule has 7 nitrogen and oxygen atoms in total. The molecule has 1 unspecified atom stereocenters. The second-order valence-corrected chi connectivity index (χ2v) is 11.3. The van der Waals surface area contributed by atoms with E-state index in [1.807, 2.05) is 19.1 Å². The van der Waals surface area contributed by atoms with E-state index in [0.29, 0.717) is 34.0 Å². The zero-order valence-electron chi connectivity index (χ0n) is 21.6. The van der Waals surface area contributed by atoms with Gasteiger partial charge in [0.05, 0.1) is 6.04 Å². The molecular formula is C29H29Cl2FN2O5S. The largest absolute Gasteiger partial charge is 0.358 e. The Morgan fingerprint density at radius 3 is 2.15 bits per heavy atom. The Labute approximate surface area is 244 Å². The van der Waals surface area contributed by atoms with E-state index in [1.54, 1.807) is 48.5 Å². The van der Waals surface area contributed by atoms with Gasteiger partial charge in [0.15, 0.2) is 11.1 Å². The first-order valence-electron chi connectivity index (χ1n) is 12.8. The van der Waals surface area contributed by atoms with Crippen molar-refractivity contribution in [2.75, 3.05) is 5.88 Å². The van der Waals surface area contributed by atoms with Crippen LogP contribution in [0.1, 0.15) is 48.6 Å². The molecule has 3 aromatic carbocycles. The van der Waals surface area contributed by atoms with Crippen LogP contribution in [0.4, 0.5) is 4.39 Å². The summed E-state index contributed by atoms with van der Waals surface area (Å²) in [6, 6.07) is 18.1. The molecule has 2 amide bonds. The molecule has 0 aliphatic carbocycles. The van der Waals surface area contributed by atoms with Crippen LogP contribution < -0.4 is 5.32 Å². The topological polar surface area (TPSA) is 95.9 Å². The third-order valence-corrected chi connectivity index (χ3v) is 7.64. The van der Waals surface area contributed by atoms with Crippen molar-refractivity contribution in [2.45, 2.75) is 50.5 Å². The highest BCUT2D eigenvalue weighted by Gasteiger charge is 2.48. The maximum Gasteiger partial charge on any atom is 0.253 e. The minimum Gasteiger partial charge on any atom is -0.358 e. The lowest BCUT2D eigenvalue weighted by atomic mass is 9.88. The standard InChI is InChI=1S/C29H29Cl2FN2O5S/c1-2-3-24(28(35)33-17-40(37)38)34-26(19-6-10-21(30)11-7-19)27(20-8-12-22(31)13-9-20)39-25(29(34)36)16-18-4-14-23(32)15-5-18/h4-15,24-27H,2-3,16-17H2,1H3,(H,33,35)(H,37,38)/t24-,25+,26-,27+/m0/s1. The van der Waals surface area contributed by atoms with E-state index in [2.05, 4.69) is 5.32 Å². The maximum atomic E-state index is 14.2. The van der Waals surface area contributed by atoms with E-state index in [0.717, 1.165) is 5.56 Å². The smallest absolute Gasteiger partial charge is 0.253 e. The number of nitrogens with zero attached hydrogens (tertiary/aromatic N) is 1. The number of ether oxygens (including phenoxy) is 1. The van der Waals surface area contributed by atoms with Crippen LogP contribution >= 0.6 is 23.2 Å². The molecule has 0 radical (unpaired) electrons. The lowest BCUT2D eigenvalue weighted by Gasteiger charge is -2.47. The Balaban J connectivity index is 1.84. The first kappa shape index (κ1) is 30.1. The van der Waals surface area contributed by atoms with Crippen molar-refractivity contribution >= 4 is 46.1 Å². The molecule has 1 heterocycles. The Hall–Kier alpha value is -2.82. The number of benzene rings is 3. The van der Waals surface area contributed by atoms with Crippen LogP contribution in [0, 0.1) is 5.82 Å². The average Bonchev–Trinajstić information content (AvgIpc) is 2.93. The second kappa shape index (κ2) is 13.7. The van der Waals surface area contributed by atoms with Crippen LogP contribution in [0.15, 0.2) is 72.8 Å². The lowest BCUT2D eigenvalue weighted by Crippen LogP contribution is -2.59. The third-order valence-electron chi connectivity index (χ3n) is 6.74. The molecular weight excluding hydrogens is 578 g/mol. The van der Waals surface area contributed by atoms with E-state index in [-0.39, 0.29) is 6.42 Å². The molecule has 0 bridgehead atoms. The summed E-state index contributed by atoms with van der Waals surface area (Å²) in [7, 11) is 0. The summed E-state index contributed by atoms with van der Waals surface area (Å²) in [5.41, 5.74) is 2.11. The Bertz CT molecular complexity index is 1340. The predicted octanol–water partition coefficient (Wildman–Crippen LogP) is 5.85. The summed E-state index contributed by atoms with van der Waals surface area (Å²) in [6.45, 7) is 1.89. The lowest BCUT2D eigenvalue weighted by molar-refractivity contribution is -0.181. The van der Waals surface area contributed by atoms with E-state index >= 15 is 0 Å². The normalized spacial score (nSPS) is 20.7. The van der Waals surface area contributed by atoms with E-state index < -0.39 is 58.9 Å². The molecule has 1 saturated heterocycles. The first-order chi connectivity index (χ1) is 19.2. The fraction of sp³-hybridized carbons (Fsp3) is 0.310. The predicted molar refractivity (Wildman–Crippen MR) is 153 cm³/mol. The highest BCUT2D eigenvalue weighted by atomic mass is 35.5. The Morgan fingerprint density at radius 1 is 1.02 bits per heavy atom. The highest BCUT2D eigenvalue weighted by Crippen LogP contribution is 2.44. The number of amides is 2. The average molecular weight is 608 g/mol. The molecule has 0 aromatic heterocycles. The highest BCUT2D eigenvalue weighted by molar-refractivity contribution is 7.79. The summed E-state index contributed by atoms with van der Waals surface area (Å²) < 4.78 is 40.7. The van der Waals surface area contributed by atoms with Gasteiger partial charge in [0.25, 0.3) is 5.91 Å². The minimum absolute atomic E-state index is 0.147. The molecule has 1 aliphatic rings. The SMILES string of the molecule is CCC[C@@H](C(=O)NCS(=O)O)N1C(=O)[C@@H](Cc2ccc(F)cc2)O[C@H](c2ccc(Cl)cc2)[C@@H]1c1ccc(Cl)cc1. The van der Waals surface area contributed by atoms with Crippen molar-refractivity contribution in [3.63, 3.8) is 0 Å². The molecule has 0 spiro atoms. The van der Waals surface area contributed by atoms with E-state index in [1.165, 1.54) is 17.0 Å². The number of rotatable bonds is 10. The number of nitrogens with one attached hydrogen (secondary N) is 1. The summed E-state index contributed by atoms with van der Waals surface area (Å²) in [6.07, 6.45) is -0.689. The molecule has 3 aromatic rings. The third kappa shape index (κ3) is 7.27. The van der Waals surface area contributed by atoms with Crippen molar-refractivity contribution in [3.8, 4) is 0 Å². The monoisotopic (exact) mass is 606 g/mol. The fourth-order valence-electron chi connectivity index (χ4n) is 4.91. The summed E-state index contributed by atoms with van der Waals surface area (Å²) in [5.74, 6) is -1.84. The molecule has 40 heavy (non-hydrogen) atoms. The number of carbonyl (C=O) groups is 2. The Kier molecular flexibility index (Phi) is 10.3. The van der Waals surface area contributed by atoms with E-state index in [4.69, 9.17) is 27.9 Å². The number of carbonyl (C=O) groups excluding carboxylic acids is 2. The van der Waals surface area contributed by atoms with Gasteiger partial charge in [-0.25, -0.2) is 8.60 Å². The van der Waals surface area contributed by atoms with Crippen LogP contribution in [-0.4, -0.2) is 43.5 Å². The Morgan fingerprint density at radius 2 is 1.60 bits per heavy atom. The van der Waals surface area contributed by atoms with Crippen molar-refractivity contribution in [1.82, 2.24) is 10.2 Å². The van der Waals surface area contributed by atoms with Crippen molar-refractivity contribution in [1.29, 1.82) is 0 Å². The molecule has 11 heteroatoms. The minimum atomic E-state index is -2.26. The quantitative estimate of drug-likeness (QED) is 0.282. The molecule has 1 fully saturated rings. The number of hydrogen-bond acceptors (Lipinski definition) is 4. The maximum absolute atomic E-state index is 14.2. The van der Waals surface area contributed by atoms with Crippen LogP contribution in [0.2, 0.25) is 10.0 Å². The number of morpholine rings is 1. The molecule has 212 valence electrons. The van der Waals surface area contributed by atoms with Gasteiger partial charge in [0.2, 0.25) is 5.91 Å². The van der Waals surface area contributed by atoms with Gasteiger partial charge < -0.3 is 19.5 Å². The van der Waals surface area contributed by atoms with Crippen LogP contribution in [0.3, 0.4) is 0 Å². The van der Waals surface area contributed by atoms with Gasteiger partial charge in [-0.1, -0.05) is 72.9 Å². The zero-order valence-corrected chi connectivity index (χ0v) is 24.0. The van der Waals surface area contributed by atoms with Gasteiger partial charge in [-0.15, -0.1) is 0 Å². The van der Waals surface area contributed by atoms with Crippen molar-refractivity contribution < 1.29 is 27.5 Å². The molecule has 1 aliphatic heterocycles. The fourth-order valence-corrected chi connectivity index (χ4v) is 5.42. The molecule has 4 rings (SSSR count). The van der Waals surface area contributed by atoms with Gasteiger partial charge in [-0.05, 0) is 59.5 Å². The van der Waals surface area contributed by atoms with Gasteiger partial charge in [-0.2, -0.15) is 0 Å². The van der Waals surface area contributed by atoms with Crippen LogP contribution in [-0.2, 0) is 31.8 Å². The molecule has 5 atom stereocenters. The van der Waals surface area contributed by atoms with Gasteiger partial charge in [0, 0.05) is 16.5 Å². The van der Waals surface area contributed by atoms with E-state index in [9.17, 15) is 22.7 Å². The number of halogens is 3. The first-order valence-corrected chi connectivity index (χ1v) is 14.8.